The van der Waals surface area contributed by atoms with Crippen LogP contribution in [0.25, 0.3) is 17.0 Å². The molecule has 0 radical (unpaired) electrons. The number of hydrogen-bond donors (Lipinski definition) is 0. The lowest BCUT2D eigenvalue weighted by atomic mass is 9.97. The Bertz CT molecular complexity index is 1420. The second kappa shape index (κ2) is 12.5. The molecular formula is C31H28F3NO4. The highest BCUT2D eigenvalue weighted by atomic mass is 19.4. The average molecular weight is 536 g/mol. The lowest BCUT2D eigenvalue weighted by molar-refractivity contribution is -0.142. The van der Waals surface area contributed by atoms with Crippen molar-refractivity contribution in [1.29, 1.82) is 0 Å². The Morgan fingerprint density at radius 3 is 2.44 bits per heavy atom. The maximum atomic E-state index is 12.9. The van der Waals surface area contributed by atoms with Crippen molar-refractivity contribution >= 4 is 11.5 Å². The number of ether oxygens (including phenoxy) is 2. The van der Waals surface area contributed by atoms with E-state index in [2.05, 4.69) is 4.98 Å². The van der Waals surface area contributed by atoms with Gasteiger partial charge >= 0.3 is 12.1 Å². The summed E-state index contributed by atoms with van der Waals surface area (Å²) < 4.78 is 55.4. The fourth-order valence-electron chi connectivity index (χ4n) is 3.96. The zero-order valence-electron chi connectivity index (χ0n) is 21.6. The van der Waals surface area contributed by atoms with Crippen molar-refractivity contribution < 1.29 is 31.9 Å². The number of alkyl halides is 3. The first-order chi connectivity index (χ1) is 18.7. The van der Waals surface area contributed by atoms with Gasteiger partial charge in [0.1, 0.15) is 23.8 Å². The van der Waals surface area contributed by atoms with Gasteiger partial charge in [0.2, 0.25) is 5.89 Å². The highest BCUT2D eigenvalue weighted by Gasteiger charge is 2.30. The van der Waals surface area contributed by atoms with Gasteiger partial charge in [0.25, 0.3) is 0 Å². The fraction of sp³-hybridized carbons (Fsp3) is 0.226. The van der Waals surface area contributed by atoms with Crippen LogP contribution in [0.1, 0.15) is 41.5 Å². The Balaban J connectivity index is 1.49. The third-order valence-corrected chi connectivity index (χ3v) is 5.99. The number of carbonyl (C=O) groups is 1. The molecule has 0 amide bonds. The summed E-state index contributed by atoms with van der Waals surface area (Å²) in [6, 6.07) is 22.2. The molecule has 0 aliphatic carbocycles. The molecule has 5 nitrogen and oxygen atoms in total. The first-order valence-electron chi connectivity index (χ1n) is 12.5. The normalized spacial score (nSPS) is 11.9. The smallest absolute Gasteiger partial charge is 0.416 e. The maximum absolute atomic E-state index is 12.9. The zero-order valence-corrected chi connectivity index (χ0v) is 21.6. The van der Waals surface area contributed by atoms with Gasteiger partial charge in [0.15, 0.2) is 0 Å². The molecule has 0 aliphatic rings. The van der Waals surface area contributed by atoms with Crippen molar-refractivity contribution in [2.24, 2.45) is 0 Å². The van der Waals surface area contributed by atoms with Gasteiger partial charge in [-0.3, -0.25) is 4.79 Å². The van der Waals surface area contributed by atoms with Crippen LogP contribution >= 0.6 is 0 Å². The Labute approximate surface area is 224 Å². The summed E-state index contributed by atoms with van der Waals surface area (Å²) in [6.45, 7) is 3.94. The Morgan fingerprint density at radius 1 is 1.00 bits per heavy atom. The number of nitrogens with zero attached hydrogens (tertiary/aromatic N) is 1. The van der Waals surface area contributed by atoms with Crippen LogP contribution in [0, 0.1) is 6.92 Å². The van der Waals surface area contributed by atoms with Crippen LogP contribution < -0.4 is 4.74 Å². The molecule has 1 heterocycles. The Kier molecular flexibility index (Phi) is 8.86. The number of aryl methyl sites for hydroxylation is 1. The number of benzene rings is 3. The van der Waals surface area contributed by atoms with E-state index in [1.54, 1.807) is 13.8 Å². The summed E-state index contributed by atoms with van der Waals surface area (Å²) in [5.74, 6) is 1.04. The summed E-state index contributed by atoms with van der Waals surface area (Å²) in [5, 5.41) is 0. The number of oxazole rings is 1. The van der Waals surface area contributed by atoms with Crippen LogP contribution in [0.3, 0.4) is 0 Å². The number of allylic oxidation sites excluding steroid dienone is 1. The van der Waals surface area contributed by atoms with Crippen LogP contribution in [0.2, 0.25) is 0 Å². The number of esters is 1. The van der Waals surface area contributed by atoms with Gasteiger partial charge in [0.05, 0.1) is 18.6 Å². The highest BCUT2D eigenvalue weighted by molar-refractivity contribution is 5.76. The van der Waals surface area contributed by atoms with Gasteiger partial charge in [-0.25, -0.2) is 4.98 Å². The molecule has 0 saturated heterocycles. The van der Waals surface area contributed by atoms with Crippen LogP contribution in [0.15, 0.2) is 89.4 Å². The van der Waals surface area contributed by atoms with Gasteiger partial charge < -0.3 is 13.9 Å². The molecule has 0 bridgehead atoms. The molecule has 4 rings (SSSR count). The van der Waals surface area contributed by atoms with Crippen LogP contribution in [0.4, 0.5) is 13.2 Å². The summed E-state index contributed by atoms with van der Waals surface area (Å²) in [5.41, 5.74) is 3.22. The molecule has 0 saturated carbocycles. The first kappa shape index (κ1) is 27.7. The van der Waals surface area contributed by atoms with Gasteiger partial charge in [-0.1, -0.05) is 48.5 Å². The first-order valence-corrected chi connectivity index (χ1v) is 12.5. The number of carbonyl (C=O) groups excluding carboxylic acids is 1. The van der Waals surface area contributed by atoms with E-state index in [1.165, 1.54) is 12.1 Å². The molecule has 0 spiro atoms. The Morgan fingerprint density at radius 2 is 1.74 bits per heavy atom. The average Bonchev–Trinajstić information content (AvgIpc) is 3.30. The van der Waals surface area contributed by atoms with Crippen molar-refractivity contribution in [1.82, 2.24) is 4.98 Å². The van der Waals surface area contributed by atoms with E-state index in [-0.39, 0.29) is 24.9 Å². The summed E-state index contributed by atoms with van der Waals surface area (Å²) in [7, 11) is 0. The molecule has 0 N–H and O–H groups in total. The van der Waals surface area contributed by atoms with Crippen molar-refractivity contribution in [2.45, 2.75) is 39.5 Å². The molecule has 8 heteroatoms. The number of hydrogen-bond acceptors (Lipinski definition) is 5. The van der Waals surface area contributed by atoms with E-state index >= 15 is 0 Å². The monoisotopic (exact) mass is 535 g/mol. The number of rotatable bonds is 10. The van der Waals surface area contributed by atoms with E-state index in [0.29, 0.717) is 35.8 Å². The minimum Gasteiger partial charge on any atom is -0.487 e. The fourth-order valence-corrected chi connectivity index (χ4v) is 3.96. The molecular weight excluding hydrogens is 507 g/mol. The molecule has 39 heavy (non-hydrogen) atoms. The molecule has 0 unspecified atom stereocenters. The lowest BCUT2D eigenvalue weighted by Crippen LogP contribution is -2.04. The van der Waals surface area contributed by atoms with Crippen LogP contribution in [0.5, 0.6) is 5.75 Å². The standard InChI is InChI=1S/C31H28F3NO4/c1-3-37-29(36)17-14-25(18-22-8-5-4-6-9-22)24-10-7-11-27(19-24)38-20-28-21(2)39-30(35-28)23-12-15-26(16-13-23)31(32,33)34/h4-16,19H,3,17-18,20H2,1-2H3/b25-14+. The van der Waals surface area contributed by atoms with Gasteiger partial charge in [-0.15, -0.1) is 0 Å². The van der Waals surface area contributed by atoms with Gasteiger partial charge in [-0.05, 0) is 73.4 Å². The minimum absolute atomic E-state index is 0.111. The lowest BCUT2D eigenvalue weighted by Gasteiger charge is -2.11. The predicted octanol–water partition coefficient (Wildman–Crippen LogP) is 7.83. The highest BCUT2D eigenvalue weighted by Crippen LogP contribution is 2.31. The zero-order chi connectivity index (χ0) is 27.8. The molecule has 0 atom stereocenters. The Hall–Kier alpha value is -4.33. The minimum atomic E-state index is -4.41. The predicted molar refractivity (Wildman–Crippen MR) is 142 cm³/mol. The third-order valence-electron chi connectivity index (χ3n) is 5.99. The van der Waals surface area contributed by atoms with Crippen molar-refractivity contribution in [3.8, 4) is 17.2 Å². The SMILES string of the molecule is CCOC(=O)C/C=C(\Cc1ccccc1)c1cccc(OCc2nc(-c3ccc(C(F)(F)F)cc3)oc2C)c1. The van der Waals surface area contributed by atoms with E-state index in [4.69, 9.17) is 13.9 Å². The number of aromatic nitrogens is 1. The van der Waals surface area contributed by atoms with Crippen molar-refractivity contribution in [3.63, 3.8) is 0 Å². The second-order valence-electron chi connectivity index (χ2n) is 8.81. The maximum Gasteiger partial charge on any atom is 0.416 e. The van der Waals surface area contributed by atoms with Gasteiger partial charge in [-0.2, -0.15) is 13.2 Å². The molecule has 1 aromatic heterocycles. The molecule has 0 fully saturated rings. The summed E-state index contributed by atoms with van der Waals surface area (Å²) >= 11 is 0. The van der Waals surface area contributed by atoms with E-state index in [9.17, 15) is 18.0 Å². The quantitative estimate of drug-likeness (QED) is 0.194. The van der Waals surface area contributed by atoms with Crippen molar-refractivity contribution in [3.05, 3.63) is 113 Å². The molecule has 202 valence electrons. The summed E-state index contributed by atoms with van der Waals surface area (Å²) in [6.07, 6.45) is -1.75. The third kappa shape index (κ3) is 7.60. The molecule has 0 aliphatic heterocycles. The second-order valence-corrected chi connectivity index (χ2v) is 8.81. The van der Waals surface area contributed by atoms with Crippen molar-refractivity contribution in [2.75, 3.05) is 6.61 Å². The van der Waals surface area contributed by atoms with E-state index in [0.717, 1.165) is 28.8 Å². The van der Waals surface area contributed by atoms with E-state index < -0.39 is 11.7 Å². The van der Waals surface area contributed by atoms with Gasteiger partial charge in [0, 0.05) is 5.56 Å². The molecule has 3 aromatic carbocycles. The number of halogens is 3. The molecule has 4 aromatic rings. The van der Waals surface area contributed by atoms with Crippen LogP contribution in [-0.4, -0.2) is 17.6 Å². The summed E-state index contributed by atoms with van der Waals surface area (Å²) in [4.78, 5) is 16.4. The van der Waals surface area contributed by atoms with Crippen LogP contribution in [-0.2, 0) is 28.7 Å². The topological polar surface area (TPSA) is 61.6 Å². The van der Waals surface area contributed by atoms with E-state index in [1.807, 2.05) is 60.7 Å². The largest absolute Gasteiger partial charge is 0.487 e.